The first-order valence-electron chi connectivity index (χ1n) is 22.5. The number of fused-ring (bicyclic) bond motifs is 12. The maximum absolute atomic E-state index is 2.75. The maximum Gasteiger partial charge on any atom is 0.0543 e. The highest BCUT2D eigenvalue weighted by atomic mass is 15.2. The molecule has 4 fully saturated rings. The first-order valence-corrected chi connectivity index (χ1v) is 22.5. The van der Waals surface area contributed by atoms with Crippen molar-refractivity contribution in [2.75, 3.05) is 4.90 Å². The summed E-state index contributed by atoms with van der Waals surface area (Å²) in [5.41, 5.74) is 22.4. The van der Waals surface area contributed by atoms with Gasteiger partial charge in [0.2, 0.25) is 0 Å². The van der Waals surface area contributed by atoms with E-state index in [2.05, 4.69) is 174 Å². The molecule has 2 spiro atoms. The third-order valence-corrected chi connectivity index (χ3v) is 18.0. The minimum absolute atomic E-state index is 0.0303. The first kappa shape index (κ1) is 34.0. The molecule has 0 heterocycles. The molecule has 0 radical (unpaired) electrons. The van der Waals surface area contributed by atoms with Crippen LogP contribution in [0.1, 0.15) is 113 Å². The average Bonchev–Trinajstić information content (AvgIpc) is 3.93. The quantitative estimate of drug-likeness (QED) is 0.173. The molecule has 0 aliphatic heterocycles. The average molecular weight is 754 g/mol. The summed E-state index contributed by atoms with van der Waals surface area (Å²) < 4.78 is 0. The Bertz CT molecular complexity index is 2760. The van der Waals surface area contributed by atoms with E-state index in [4.69, 9.17) is 0 Å². The van der Waals surface area contributed by atoms with Crippen LogP contribution in [0.15, 0.2) is 127 Å². The van der Waals surface area contributed by atoms with Gasteiger partial charge in [0.05, 0.1) is 11.4 Å². The molecule has 0 saturated heterocycles. The monoisotopic (exact) mass is 753 g/mol. The Labute approximate surface area is 345 Å². The molecule has 6 atom stereocenters. The van der Waals surface area contributed by atoms with Crippen LogP contribution in [0.2, 0.25) is 0 Å². The second-order valence-corrected chi connectivity index (χ2v) is 21.6. The summed E-state index contributed by atoms with van der Waals surface area (Å²) in [5, 5.41) is 0. The Morgan fingerprint density at radius 1 is 0.500 bits per heavy atom. The first-order chi connectivity index (χ1) is 28.0. The zero-order valence-electron chi connectivity index (χ0n) is 35.1. The van der Waals surface area contributed by atoms with Gasteiger partial charge in [0.1, 0.15) is 0 Å². The van der Waals surface area contributed by atoms with Gasteiger partial charge in [-0.3, -0.25) is 0 Å². The minimum atomic E-state index is -0.0937. The van der Waals surface area contributed by atoms with E-state index in [0.717, 1.165) is 23.7 Å². The van der Waals surface area contributed by atoms with Crippen LogP contribution in [0.5, 0.6) is 0 Å². The van der Waals surface area contributed by atoms with Crippen molar-refractivity contribution in [2.24, 2.45) is 29.1 Å². The molecule has 1 heteroatoms. The Hall–Kier alpha value is -4.88. The number of anilines is 3. The third-order valence-electron chi connectivity index (χ3n) is 18.0. The molecule has 2 bridgehead atoms. The third kappa shape index (κ3) is 3.83. The summed E-state index contributed by atoms with van der Waals surface area (Å²) in [4.78, 5) is 2.75. The predicted molar refractivity (Wildman–Crippen MR) is 240 cm³/mol. The van der Waals surface area contributed by atoms with Crippen molar-refractivity contribution in [2.45, 2.75) is 102 Å². The van der Waals surface area contributed by atoms with Gasteiger partial charge in [-0.05, 0) is 164 Å². The van der Waals surface area contributed by atoms with Gasteiger partial charge >= 0.3 is 0 Å². The summed E-state index contributed by atoms with van der Waals surface area (Å²) in [6, 6.07) is 50.1. The molecular weight excluding hydrogens is 699 g/mol. The fraction of sp³-hybridized carbons (Fsp3) is 0.368. The standard InChI is InChI=1S/C57H55N/c1-53(2)27-28-54(3,4)52-44(53)21-14-22-47(52)58(37-23-24-40-39-17-10-12-19-42(39)55(5,6)45(40)32-37)46-26-25-38(35-15-8-7-9-16-35)51-50(46)41-18-11-13-20-43(41)57(51)48-30-34-29-36-31-49(57)56(36,48)33-34/h7-26,32,34,36,48-49H,27-31,33H2,1-6H3. The van der Waals surface area contributed by atoms with Crippen LogP contribution in [-0.2, 0) is 21.7 Å². The molecule has 288 valence electrons. The minimum Gasteiger partial charge on any atom is -0.310 e. The van der Waals surface area contributed by atoms with Crippen LogP contribution in [-0.4, -0.2) is 0 Å². The van der Waals surface area contributed by atoms with E-state index in [-0.39, 0.29) is 21.7 Å². The lowest BCUT2D eigenvalue weighted by atomic mass is 9.26. The van der Waals surface area contributed by atoms with Crippen molar-refractivity contribution in [3.63, 3.8) is 0 Å². The van der Waals surface area contributed by atoms with Gasteiger partial charge in [0, 0.05) is 22.1 Å². The van der Waals surface area contributed by atoms with E-state index in [1.165, 1.54) is 111 Å². The van der Waals surface area contributed by atoms with Crippen molar-refractivity contribution in [3.8, 4) is 33.4 Å². The molecule has 6 aromatic rings. The van der Waals surface area contributed by atoms with Crippen molar-refractivity contribution < 1.29 is 0 Å². The van der Waals surface area contributed by atoms with E-state index in [0.29, 0.717) is 5.41 Å². The molecule has 1 nitrogen and oxygen atoms in total. The topological polar surface area (TPSA) is 3.24 Å². The Kier molecular flexibility index (Phi) is 6.36. The Morgan fingerprint density at radius 2 is 1.17 bits per heavy atom. The summed E-state index contributed by atoms with van der Waals surface area (Å²) in [6.45, 7) is 14.8. The van der Waals surface area contributed by atoms with E-state index in [9.17, 15) is 0 Å². The van der Waals surface area contributed by atoms with E-state index >= 15 is 0 Å². The number of hydrogen-bond donors (Lipinski definition) is 0. The lowest BCUT2D eigenvalue weighted by molar-refractivity contribution is -0.231. The van der Waals surface area contributed by atoms with Crippen molar-refractivity contribution in [3.05, 3.63) is 161 Å². The summed E-state index contributed by atoms with van der Waals surface area (Å²) in [5.74, 6) is 3.33. The number of rotatable bonds is 4. The van der Waals surface area contributed by atoms with Gasteiger partial charge in [0.25, 0.3) is 0 Å². The fourth-order valence-corrected chi connectivity index (χ4v) is 15.6. The molecule has 6 unspecified atom stereocenters. The smallest absolute Gasteiger partial charge is 0.0543 e. The lowest BCUT2D eigenvalue weighted by Gasteiger charge is -2.76. The number of benzene rings is 6. The molecule has 13 rings (SSSR count). The van der Waals surface area contributed by atoms with Crippen molar-refractivity contribution in [1.29, 1.82) is 0 Å². The zero-order chi connectivity index (χ0) is 39.1. The van der Waals surface area contributed by atoms with E-state index in [1.54, 1.807) is 11.1 Å². The lowest BCUT2D eigenvalue weighted by Crippen LogP contribution is -2.73. The van der Waals surface area contributed by atoms with Crippen LogP contribution in [0.25, 0.3) is 33.4 Å². The van der Waals surface area contributed by atoms with Gasteiger partial charge in [0.15, 0.2) is 0 Å². The fourth-order valence-electron chi connectivity index (χ4n) is 15.6. The van der Waals surface area contributed by atoms with E-state index < -0.39 is 0 Å². The molecular formula is C57H55N. The van der Waals surface area contributed by atoms with Crippen LogP contribution in [0.4, 0.5) is 17.1 Å². The van der Waals surface area contributed by atoms with Crippen molar-refractivity contribution >= 4 is 17.1 Å². The highest BCUT2D eigenvalue weighted by Gasteiger charge is 2.85. The maximum atomic E-state index is 2.75. The largest absolute Gasteiger partial charge is 0.310 e. The van der Waals surface area contributed by atoms with Gasteiger partial charge in [-0.2, -0.15) is 0 Å². The number of hydrogen-bond acceptors (Lipinski definition) is 1. The van der Waals surface area contributed by atoms with Gasteiger partial charge in [-0.15, -0.1) is 0 Å². The zero-order valence-corrected chi connectivity index (χ0v) is 35.1. The molecule has 6 aromatic carbocycles. The second-order valence-electron chi connectivity index (χ2n) is 21.6. The van der Waals surface area contributed by atoms with Gasteiger partial charge in [-0.25, -0.2) is 0 Å². The molecule has 58 heavy (non-hydrogen) atoms. The van der Waals surface area contributed by atoms with E-state index in [1.807, 2.05) is 0 Å². The molecule has 4 saturated carbocycles. The van der Waals surface area contributed by atoms with Crippen LogP contribution in [0, 0.1) is 29.1 Å². The Morgan fingerprint density at radius 3 is 1.98 bits per heavy atom. The molecule has 0 amide bonds. The highest BCUT2D eigenvalue weighted by molar-refractivity contribution is 6.01. The molecule has 0 aromatic heterocycles. The van der Waals surface area contributed by atoms with Gasteiger partial charge in [-0.1, -0.05) is 145 Å². The van der Waals surface area contributed by atoms with Crippen LogP contribution < -0.4 is 4.90 Å². The molecule has 7 aliphatic carbocycles. The number of nitrogens with zero attached hydrogens (tertiary/aromatic N) is 1. The van der Waals surface area contributed by atoms with Crippen LogP contribution in [0.3, 0.4) is 0 Å². The highest BCUT2D eigenvalue weighted by Crippen LogP contribution is 2.90. The predicted octanol–water partition coefficient (Wildman–Crippen LogP) is 14.8. The summed E-state index contributed by atoms with van der Waals surface area (Å²) in [7, 11) is 0. The normalized spacial score (nSPS) is 29.7. The molecule has 0 N–H and O–H groups in total. The van der Waals surface area contributed by atoms with Crippen molar-refractivity contribution in [1.82, 2.24) is 0 Å². The summed E-state index contributed by atoms with van der Waals surface area (Å²) in [6.07, 6.45) is 8.14. The van der Waals surface area contributed by atoms with Crippen LogP contribution >= 0.6 is 0 Å². The molecule has 7 aliphatic rings. The second kappa shape index (κ2) is 10.8. The Balaban J connectivity index is 1.14. The van der Waals surface area contributed by atoms with Gasteiger partial charge < -0.3 is 4.90 Å². The summed E-state index contributed by atoms with van der Waals surface area (Å²) >= 11 is 0. The SMILES string of the molecule is CC1(C)CCC(C)(C)c2c(N(c3ccc4c(c3)C(C)(C)c3ccccc3-4)c3ccc(-c4ccccc4)c4c3-c3ccccc3C43C4CC5CC6CC3C64C5)cccc21.